The number of hydrogen-bond donors (Lipinski definition) is 1. The second-order valence-electron chi connectivity index (χ2n) is 8.16. The van der Waals surface area contributed by atoms with Crippen LogP contribution in [0, 0.1) is 0 Å². The van der Waals surface area contributed by atoms with Crippen LogP contribution in [0.15, 0.2) is 104 Å². The van der Waals surface area contributed by atoms with Gasteiger partial charge in [0.25, 0.3) is 5.91 Å². The maximum atomic E-state index is 13.3. The molecule has 0 aliphatic rings. The number of amides is 1. The van der Waals surface area contributed by atoms with E-state index in [0.717, 1.165) is 28.1 Å². The summed E-state index contributed by atoms with van der Waals surface area (Å²) in [5, 5.41) is 12.0. The zero-order valence-electron chi connectivity index (χ0n) is 19.3. The fourth-order valence-electron chi connectivity index (χ4n) is 3.87. The first-order valence-corrected chi connectivity index (χ1v) is 11.3. The molecule has 7 heteroatoms. The largest absolute Gasteiger partial charge is 0.497 e. The van der Waals surface area contributed by atoms with Crippen LogP contribution in [0.3, 0.4) is 0 Å². The fraction of sp³-hybridized carbons (Fsp3) is 0.107. The minimum Gasteiger partial charge on any atom is -0.497 e. The van der Waals surface area contributed by atoms with E-state index in [1.54, 1.807) is 24.2 Å². The third-order valence-corrected chi connectivity index (χ3v) is 5.67. The third kappa shape index (κ3) is 5.30. The van der Waals surface area contributed by atoms with E-state index in [-0.39, 0.29) is 5.91 Å². The standard InChI is InChI=1S/C28H25N5O2/c1-35-25-14-10-23(11-15-25)27-26(20-33(31-27)19-21-6-3-2-4-7-21)28(34)30-24-12-8-22(9-13-24)18-32-17-5-16-29-32/h2-17,20H,18-19H2,1H3,(H,30,34). The Bertz CT molecular complexity index is 1390. The van der Waals surface area contributed by atoms with Gasteiger partial charge in [0.1, 0.15) is 11.4 Å². The van der Waals surface area contributed by atoms with Gasteiger partial charge in [-0.05, 0) is 53.6 Å². The molecule has 1 N–H and O–H groups in total. The average molecular weight is 464 g/mol. The van der Waals surface area contributed by atoms with E-state index in [9.17, 15) is 4.79 Å². The zero-order chi connectivity index (χ0) is 24.0. The lowest BCUT2D eigenvalue weighted by molar-refractivity contribution is 0.102. The molecular formula is C28H25N5O2. The second-order valence-corrected chi connectivity index (χ2v) is 8.16. The van der Waals surface area contributed by atoms with Gasteiger partial charge < -0.3 is 10.1 Å². The topological polar surface area (TPSA) is 74.0 Å². The van der Waals surface area contributed by atoms with Crippen LogP contribution in [-0.2, 0) is 13.1 Å². The van der Waals surface area contributed by atoms with E-state index >= 15 is 0 Å². The molecule has 0 unspecified atom stereocenters. The van der Waals surface area contributed by atoms with Crippen molar-refractivity contribution in [3.8, 4) is 17.0 Å². The monoisotopic (exact) mass is 463 g/mol. The smallest absolute Gasteiger partial charge is 0.259 e. The van der Waals surface area contributed by atoms with Gasteiger partial charge in [0, 0.05) is 29.8 Å². The second kappa shape index (κ2) is 10.1. The van der Waals surface area contributed by atoms with Crippen LogP contribution >= 0.6 is 0 Å². The van der Waals surface area contributed by atoms with Gasteiger partial charge in [0.15, 0.2) is 0 Å². The maximum absolute atomic E-state index is 13.3. The highest BCUT2D eigenvalue weighted by atomic mass is 16.5. The Balaban J connectivity index is 1.39. The van der Waals surface area contributed by atoms with Crippen molar-refractivity contribution in [2.75, 3.05) is 12.4 Å². The predicted octanol–water partition coefficient (Wildman–Crippen LogP) is 5.10. The molecule has 0 aliphatic carbocycles. The molecule has 3 aromatic carbocycles. The van der Waals surface area contributed by atoms with Crippen LogP contribution in [-0.4, -0.2) is 32.6 Å². The molecule has 0 saturated heterocycles. The summed E-state index contributed by atoms with van der Waals surface area (Å²) >= 11 is 0. The van der Waals surface area contributed by atoms with Gasteiger partial charge in [-0.3, -0.25) is 14.2 Å². The number of nitrogens with one attached hydrogen (secondary N) is 1. The Morgan fingerprint density at radius 1 is 0.857 bits per heavy atom. The summed E-state index contributed by atoms with van der Waals surface area (Å²) in [6.45, 7) is 1.24. The molecule has 7 nitrogen and oxygen atoms in total. The van der Waals surface area contributed by atoms with E-state index in [1.807, 2.05) is 95.8 Å². The number of ether oxygens (including phenoxy) is 1. The van der Waals surface area contributed by atoms with Gasteiger partial charge in [-0.1, -0.05) is 42.5 Å². The van der Waals surface area contributed by atoms with Gasteiger partial charge in [-0.25, -0.2) is 0 Å². The number of anilines is 1. The number of aromatic nitrogens is 4. The van der Waals surface area contributed by atoms with Gasteiger partial charge in [0.2, 0.25) is 0 Å². The summed E-state index contributed by atoms with van der Waals surface area (Å²) in [5.74, 6) is 0.536. The van der Waals surface area contributed by atoms with Crippen molar-refractivity contribution in [3.63, 3.8) is 0 Å². The van der Waals surface area contributed by atoms with Gasteiger partial charge in [-0.15, -0.1) is 0 Å². The number of carbonyl (C=O) groups is 1. The molecule has 174 valence electrons. The molecule has 0 bridgehead atoms. The van der Waals surface area contributed by atoms with Gasteiger partial charge >= 0.3 is 0 Å². The maximum Gasteiger partial charge on any atom is 0.259 e. The molecule has 35 heavy (non-hydrogen) atoms. The highest BCUT2D eigenvalue weighted by Crippen LogP contribution is 2.26. The molecule has 0 saturated carbocycles. The molecule has 5 rings (SSSR count). The van der Waals surface area contributed by atoms with Crippen molar-refractivity contribution >= 4 is 11.6 Å². The van der Waals surface area contributed by atoms with Gasteiger partial charge in [-0.2, -0.15) is 10.2 Å². The Hall–Kier alpha value is -4.65. The molecule has 0 spiro atoms. The average Bonchev–Trinajstić information content (AvgIpc) is 3.56. The van der Waals surface area contributed by atoms with E-state index < -0.39 is 0 Å². The normalized spacial score (nSPS) is 10.8. The number of nitrogens with zero attached hydrogens (tertiary/aromatic N) is 4. The van der Waals surface area contributed by atoms with Crippen molar-refractivity contribution in [2.45, 2.75) is 13.1 Å². The van der Waals surface area contributed by atoms with Crippen LogP contribution in [0.25, 0.3) is 11.3 Å². The third-order valence-electron chi connectivity index (χ3n) is 5.67. The number of rotatable bonds is 8. The molecule has 0 radical (unpaired) electrons. The van der Waals surface area contributed by atoms with Crippen LogP contribution in [0.5, 0.6) is 5.75 Å². The van der Waals surface area contributed by atoms with Crippen molar-refractivity contribution < 1.29 is 9.53 Å². The molecule has 1 amide bonds. The van der Waals surface area contributed by atoms with Crippen molar-refractivity contribution in [1.29, 1.82) is 0 Å². The lowest BCUT2D eigenvalue weighted by Crippen LogP contribution is -2.12. The summed E-state index contributed by atoms with van der Waals surface area (Å²) < 4.78 is 8.94. The number of methoxy groups -OCH3 is 1. The lowest BCUT2D eigenvalue weighted by Gasteiger charge is -2.08. The number of benzene rings is 3. The highest BCUT2D eigenvalue weighted by molar-refractivity contribution is 6.08. The number of hydrogen-bond acceptors (Lipinski definition) is 4. The van der Waals surface area contributed by atoms with Crippen molar-refractivity contribution in [1.82, 2.24) is 19.6 Å². The Morgan fingerprint density at radius 2 is 1.57 bits per heavy atom. The lowest BCUT2D eigenvalue weighted by atomic mass is 10.1. The molecular weight excluding hydrogens is 438 g/mol. The SMILES string of the molecule is COc1ccc(-c2nn(Cc3ccccc3)cc2C(=O)Nc2ccc(Cn3cccn3)cc2)cc1. The van der Waals surface area contributed by atoms with E-state index in [0.29, 0.717) is 24.3 Å². The summed E-state index contributed by atoms with van der Waals surface area (Å²) in [4.78, 5) is 13.3. The highest BCUT2D eigenvalue weighted by Gasteiger charge is 2.19. The Kier molecular flexibility index (Phi) is 6.39. The molecule has 0 aliphatic heterocycles. The summed E-state index contributed by atoms with van der Waals surface area (Å²) in [5.41, 5.74) is 4.90. The van der Waals surface area contributed by atoms with E-state index in [1.165, 1.54) is 0 Å². The molecule has 0 atom stereocenters. The minimum atomic E-state index is -0.213. The van der Waals surface area contributed by atoms with Crippen molar-refractivity contribution in [3.05, 3.63) is 120 Å². The molecule has 2 aromatic heterocycles. The molecule has 2 heterocycles. The molecule has 5 aromatic rings. The van der Waals surface area contributed by atoms with Crippen LogP contribution < -0.4 is 10.1 Å². The van der Waals surface area contributed by atoms with Crippen molar-refractivity contribution in [2.24, 2.45) is 0 Å². The first-order valence-electron chi connectivity index (χ1n) is 11.3. The van der Waals surface area contributed by atoms with Gasteiger partial charge in [0.05, 0.1) is 25.8 Å². The Labute approximate surface area is 203 Å². The number of carbonyl (C=O) groups excluding carboxylic acids is 1. The fourth-order valence-corrected chi connectivity index (χ4v) is 3.87. The van der Waals surface area contributed by atoms with Crippen LogP contribution in [0.4, 0.5) is 5.69 Å². The Morgan fingerprint density at radius 3 is 2.26 bits per heavy atom. The van der Waals surface area contributed by atoms with Crippen LogP contribution in [0.1, 0.15) is 21.5 Å². The van der Waals surface area contributed by atoms with Crippen LogP contribution in [0.2, 0.25) is 0 Å². The minimum absolute atomic E-state index is 0.213. The zero-order valence-corrected chi connectivity index (χ0v) is 19.3. The van der Waals surface area contributed by atoms with E-state index in [4.69, 9.17) is 9.84 Å². The first kappa shape index (κ1) is 22.2. The summed E-state index contributed by atoms with van der Waals surface area (Å²) in [7, 11) is 1.63. The quantitative estimate of drug-likeness (QED) is 0.347. The molecule has 0 fully saturated rings. The van der Waals surface area contributed by atoms with E-state index in [2.05, 4.69) is 10.4 Å². The summed E-state index contributed by atoms with van der Waals surface area (Å²) in [6.07, 6.45) is 5.48. The predicted molar refractivity (Wildman–Crippen MR) is 135 cm³/mol. The first-order chi connectivity index (χ1) is 17.2. The summed E-state index contributed by atoms with van der Waals surface area (Å²) in [6, 6.07) is 27.3.